The summed E-state index contributed by atoms with van der Waals surface area (Å²) in [4.78, 5) is 2.37. The van der Waals surface area contributed by atoms with Gasteiger partial charge in [0.2, 0.25) is 0 Å². The molecule has 0 amide bonds. The number of rotatable bonds is 5. The van der Waals surface area contributed by atoms with Gasteiger partial charge in [-0.25, -0.2) is 0 Å². The molecule has 0 aliphatic heterocycles. The molecule has 1 unspecified atom stereocenters. The molecule has 0 saturated heterocycles. The number of allylic oxidation sites excluding steroid dienone is 1. The standard InChI is InChI=1S/C13H27N/c1-10(2)13(6)8-12(5)9-14(7)11(3)4/h8,10-11,13H,9H2,1-7H3/b12-8+. The van der Waals surface area contributed by atoms with Crippen LogP contribution in [0.25, 0.3) is 0 Å². The summed E-state index contributed by atoms with van der Waals surface area (Å²) in [6.07, 6.45) is 2.41. The van der Waals surface area contributed by atoms with Crippen LogP contribution in [-0.2, 0) is 0 Å². The van der Waals surface area contributed by atoms with E-state index in [4.69, 9.17) is 0 Å². The predicted octanol–water partition coefficient (Wildman–Crippen LogP) is 3.57. The first-order chi connectivity index (χ1) is 6.34. The normalized spacial score (nSPS) is 15.7. The van der Waals surface area contributed by atoms with E-state index >= 15 is 0 Å². The third-order valence-corrected chi connectivity index (χ3v) is 2.98. The van der Waals surface area contributed by atoms with Crippen LogP contribution in [0.1, 0.15) is 41.5 Å². The van der Waals surface area contributed by atoms with Crippen LogP contribution < -0.4 is 0 Å². The van der Waals surface area contributed by atoms with Crippen LogP contribution in [0, 0.1) is 11.8 Å². The van der Waals surface area contributed by atoms with Gasteiger partial charge in [-0.3, -0.25) is 0 Å². The minimum Gasteiger partial charge on any atom is -0.300 e. The van der Waals surface area contributed by atoms with Crippen LogP contribution >= 0.6 is 0 Å². The van der Waals surface area contributed by atoms with Gasteiger partial charge < -0.3 is 4.90 Å². The summed E-state index contributed by atoms with van der Waals surface area (Å²) in [6.45, 7) is 14.6. The average Bonchev–Trinajstić information content (AvgIpc) is 2.03. The molecule has 0 aliphatic rings. The Bertz CT molecular complexity index is 180. The third kappa shape index (κ3) is 5.43. The monoisotopic (exact) mass is 197 g/mol. The fraction of sp³-hybridized carbons (Fsp3) is 0.846. The highest BCUT2D eigenvalue weighted by atomic mass is 15.1. The van der Waals surface area contributed by atoms with Crippen LogP contribution in [0.15, 0.2) is 11.6 Å². The van der Waals surface area contributed by atoms with E-state index in [1.807, 2.05) is 0 Å². The minimum atomic E-state index is 0.632. The average molecular weight is 197 g/mol. The van der Waals surface area contributed by atoms with Gasteiger partial charge in [-0.15, -0.1) is 0 Å². The first-order valence-corrected chi connectivity index (χ1v) is 5.72. The van der Waals surface area contributed by atoms with E-state index in [9.17, 15) is 0 Å². The van der Waals surface area contributed by atoms with Crippen LogP contribution in [0.4, 0.5) is 0 Å². The molecule has 0 N–H and O–H groups in total. The van der Waals surface area contributed by atoms with Crippen molar-refractivity contribution in [3.8, 4) is 0 Å². The summed E-state index contributed by atoms with van der Waals surface area (Å²) in [5.74, 6) is 1.44. The van der Waals surface area contributed by atoms with E-state index in [-0.39, 0.29) is 0 Å². The van der Waals surface area contributed by atoms with Gasteiger partial charge in [-0.2, -0.15) is 0 Å². The van der Waals surface area contributed by atoms with Crippen molar-refractivity contribution in [2.75, 3.05) is 13.6 Å². The second-order valence-corrected chi connectivity index (χ2v) is 5.13. The van der Waals surface area contributed by atoms with Crippen molar-refractivity contribution in [3.05, 3.63) is 11.6 Å². The molecule has 14 heavy (non-hydrogen) atoms. The zero-order chi connectivity index (χ0) is 11.3. The molecular formula is C13H27N. The Hall–Kier alpha value is -0.300. The van der Waals surface area contributed by atoms with E-state index in [0.29, 0.717) is 12.0 Å². The summed E-state index contributed by atoms with van der Waals surface area (Å²) < 4.78 is 0. The van der Waals surface area contributed by atoms with Crippen molar-refractivity contribution < 1.29 is 0 Å². The topological polar surface area (TPSA) is 3.24 Å². The number of likely N-dealkylation sites (N-methyl/N-ethyl adjacent to an activating group) is 1. The van der Waals surface area contributed by atoms with Crippen LogP contribution in [0.5, 0.6) is 0 Å². The Labute approximate surface area is 90.2 Å². The Balaban J connectivity index is 4.12. The molecule has 0 rings (SSSR count). The fourth-order valence-electron chi connectivity index (χ4n) is 1.27. The lowest BCUT2D eigenvalue weighted by Gasteiger charge is -2.22. The molecule has 0 bridgehead atoms. The summed E-state index contributed by atoms with van der Waals surface area (Å²) in [5, 5.41) is 0. The first-order valence-electron chi connectivity index (χ1n) is 5.72. The van der Waals surface area contributed by atoms with Gasteiger partial charge in [0.05, 0.1) is 0 Å². The lowest BCUT2D eigenvalue weighted by atomic mass is 9.96. The SMILES string of the molecule is C/C(=C\C(C)C(C)C)CN(C)C(C)C. The number of nitrogens with zero attached hydrogens (tertiary/aromatic N) is 1. The maximum absolute atomic E-state index is 2.41. The zero-order valence-electron chi connectivity index (χ0n) is 11.0. The number of hydrogen-bond donors (Lipinski definition) is 0. The lowest BCUT2D eigenvalue weighted by molar-refractivity contribution is 0.295. The van der Waals surface area contributed by atoms with Crippen molar-refractivity contribution >= 4 is 0 Å². The molecule has 0 spiro atoms. The summed E-state index contributed by atoms with van der Waals surface area (Å²) in [5.41, 5.74) is 1.49. The molecule has 0 fully saturated rings. The van der Waals surface area contributed by atoms with Crippen molar-refractivity contribution in [1.29, 1.82) is 0 Å². The molecule has 0 aromatic rings. The van der Waals surface area contributed by atoms with Gasteiger partial charge in [-0.1, -0.05) is 32.4 Å². The lowest BCUT2D eigenvalue weighted by Crippen LogP contribution is -2.28. The van der Waals surface area contributed by atoms with Gasteiger partial charge >= 0.3 is 0 Å². The first kappa shape index (κ1) is 13.7. The van der Waals surface area contributed by atoms with E-state index in [1.165, 1.54) is 5.57 Å². The molecule has 0 aromatic heterocycles. The maximum atomic E-state index is 2.41. The van der Waals surface area contributed by atoms with Crippen molar-refractivity contribution in [2.24, 2.45) is 11.8 Å². The number of hydrogen-bond acceptors (Lipinski definition) is 1. The van der Waals surface area contributed by atoms with Crippen molar-refractivity contribution in [1.82, 2.24) is 4.90 Å². The highest BCUT2D eigenvalue weighted by Gasteiger charge is 2.06. The largest absolute Gasteiger partial charge is 0.300 e. The molecular weight excluding hydrogens is 170 g/mol. The smallest absolute Gasteiger partial charge is 0.0189 e. The van der Waals surface area contributed by atoms with Crippen molar-refractivity contribution in [2.45, 2.75) is 47.6 Å². The summed E-state index contributed by atoms with van der Waals surface area (Å²) in [7, 11) is 2.18. The Morgan fingerprint density at radius 1 is 1.14 bits per heavy atom. The van der Waals surface area contributed by atoms with Gasteiger partial charge in [0.1, 0.15) is 0 Å². The predicted molar refractivity (Wildman–Crippen MR) is 65.5 cm³/mol. The van der Waals surface area contributed by atoms with Crippen molar-refractivity contribution in [3.63, 3.8) is 0 Å². The van der Waals surface area contributed by atoms with Gasteiger partial charge in [0, 0.05) is 12.6 Å². The van der Waals surface area contributed by atoms with E-state index < -0.39 is 0 Å². The molecule has 1 atom stereocenters. The fourth-order valence-corrected chi connectivity index (χ4v) is 1.27. The van der Waals surface area contributed by atoms with Gasteiger partial charge in [-0.05, 0) is 39.7 Å². The quantitative estimate of drug-likeness (QED) is 0.609. The second-order valence-electron chi connectivity index (χ2n) is 5.13. The molecule has 0 saturated carbocycles. The van der Waals surface area contributed by atoms with E-state index in [1.54, 1.807) is 0 Å². The highest BCUT2D eigenvalue weighted by molar-refractivity contribution is 5.03. The molecule has 1 heteroatoms. The maximum Gasteiger partial charge on any atom is 0.0189 e. The van der Waals surface area contributed by atoms with Crippen LogP contribution in [0.2, 0.25) is 0 Å². The summed E-state index contributed by atoms with van der Waals surface area (Å²) in [6, 6.07) is 0.632. The molecule has 0 aromatic carbocycles. The second kappa shape index (κ2) is 6.23. The van der Waals surface area contributed by atoms with E-state index in [2.05, 4.69) is 59.6 Å². The molecule has 0 radical (unpaired) electrons. The Morgan fingerprint density at radius 2 is 1.64 bits per heavy atom. The minimum absolute atomic E-state index is 0.632. The van der Waals surface area contributed by atoms with Gasteiger partial charge in [0.15, 0.2) is 0 Å². The van der Waals surface area contributed by atoms with E-state index in [0.717, 1.165) is 12.5 Å². The summed E-state index contributed by atoms with van der Waals surface area (Å²) >= 11 is 0. The third-order valence-electron chi connectivity index (χ3n) is 2.98. The van der Waals surface area contributed by atoms with Gasteiger partial charge in [0.25, 0.3) is 0 Å². The zero-order valence-corrected chi connectivity index (χ0v) is 11.0. The highest BCUT2D eigenvalue weighted by Crippen LogP contribution is 2.14. The molecule has 84 valence electrons. The molecule has 0 aliphatic carbocycles. The van der Waals surface area contributed by atoms with Crippen LogP contribution in [0.3, 0.4) is 0 Å². The Morgan fingerprint density at radius 3 is 2.00 bits per heavy atom. The molecule has 0 heterocycles. The Kier molecular flexibility index (Phi) is 6.10. The van der Waals surface area contributed by atoms with Crippen LogP contribution in [-0.4, -0.2) is 24.5 Å². The molecule has 1 nitrogen and oxygen atoms in total.